The third-order valence-corrected chi connectivity index (χ3v) is 4.79. The van der Waals surface area contributed by atoms with Crippen LogP contribution < -0.4 is 0 Å². The van der Waals surface area contributed by atoms with Crippen molar-refractivity contribution in [2.75, 3.05) is 13.6 Å². The minimum atomic E-state index is -0.477. The number of amides is 3. The minimum Gasteiger partial charge on any atom is -0.337 e. The van der Waals surface area contributed by atoms with Crippen molar-refractivity contribution >= 4 is 29.3 Å². The smallest absolute Gasteiger partial charge is 0.262 e. The van der Waals surface area contributed by atoms with Gasteiger partial charge in [0.1, 0.15) is 6.54 Å². The predicted molar refractivity (Wildman–Crippen MR) is 103 cm³/mol. The van der Waals surface area contributed by atoms with Crippen molar-refractivity contribution in [3.05, 3.63) is 70.6 Å². The zero-order chi connectivity index (χ0) is 20.5. The molecule has 0 bridgehead atoms. The molecule has 0 radical (unpaired) electrons. The first-order chi connectivity index (χ1) is 13.9. The minimum absolute atomic E-state index is 0.0442. The van der Waals surface area contributed by atoms with Crippen LogP contribution in [0.3, 0.4) is 0 Å². The van der Waals surface area contributed by atoms with Crippen molar-refractivity contribution in [2.24, 2.45) is 0 Å². The SMILES string of the molecule is CN(Cc1nc(-c2ccc(Cl)cc2)no1)C(=O)CN1C(=O)c2ccccc2C1=O. The van der Waals surface area contributed by atoms with Gasteiger partial charge in [0.05, 0.1) is 17.7 Å². The Hall–Kier alpha value is -3.52. The molecule has 9 heteroatoms. The van der Waals surface area contributed by atoms with Gasteiger partial charge in [-0.15, -0.1) is 0 Å². The topological polar surface area (TPSA) is 96.6 Å². The molecule has 2 aromatic carbocycles. The number of hydrogen-bond acceptors (Lipinski definition) is 6. The Kier molecular flexibility index (Phi) is 4.85. The average Bonchev–Trinajstić information content (AvgIpc) is 3.28. The van der Waals surface area contributed by atoms with Gasteiger partial charge in [0.2, 0.25) is 17.6 Å². The van der Waals surface area contributed by atoms with E-state index in [2.05, 4.69) is 10.1 Å². The molecule has 4 rings (SSSR count). The fraction of sp³-hybridized carbons (Fsp3) is 0.150. The molecule has 0 aliphatic carbocycles. The summed E-state index contributed by atoms with van der Waals surface area (Å²) in [5, 5.41) is 4.49. The molecule has 0 saturated heterocycles. The van der Waals surface area contributed by atoms with Gasteiger partial charge >= 0.3 is 0 Å². The van der Waals surface area contributed by atoms with Crippen LogP contribution in [-0.2, 0) is 11.3 Å². The molecule has 1 aliphatic rings. The maximum atomic E-state index is 12.5. The molecule has 29 heavy (non-hydrogen) atoms. The van der Waals surface area contributed by atoms with Gasteiger partial charge < -0.3 is 9.42 Å². The third-order valence-electron chi connectivity index (χ3n) is 4.54. The number of carbonyl (C=O) groups is 3. The quantitative estimate of drug-likeness (QED) is 0.600. The Morgan fingerprint density at radius 1 is 1.07 bits per heavy atom. The molecule has 2 heterocycles. The maximum Gasteiger partial charge on any atom is 0.262 e. The lowest BCUT2D eigenvalue weighted by Gasteiger charge is -2.19. The van der Waals surface area contributed by atoms with E-state index in [0.29, 0.717) is 22.0 Å². The van der Waals surface area contributed by atoms with E-state index in [1.807, 2.05) is 0 Å². The van der Waals surface area contributed by atoms with Crippen LogP contribution >= 0.6 is 11.6 Å². The largest absolute Gasteiger partial charge is 0.337 e. The van der Waals surface area contributed by atoms with Gasteiger partial charge in [0.25, 0.3) is 11.8 Å². The van der Waals surface area contributed by atoms with E-state index >= 15 is 0 Å². The first kappa shape index (κ1) is 18.8. The molecule has 8 nitrogen and oxygen atoms in total. The molecule has 3 amide bonds. The summed E-state index contributed by atoms with van der Waals surface area (Å²) in [5.41, 5.74) is 1.33. The van der Waals surface area contributed by atoms with Gasteiger partial charge in [-0.1, -0.05) is 28.9 Å². The summed E-state index contributed by atoms with van der Waals surface area (Å²) >= 11 is 5.87. The lowest BCUT2D eigenvalue weighted by Crippen LogP contribution is -2.41. The Balaban J connectivity index is 1.41. The van der Waals surface area contributed by atoms with E-state index in [-0.39, 0.29) is 19.0 Å². The van der Waals surface area contributed by atoms with Gasteiger partial charge in [-0.25, -0.2) is 0 Å². The monoisotopic (exact) mass is 410 g/mol. The summed E-state index contributed by atoms with van der Waals surface area (Å²) in [5.74, 6) is -0.776. The molecular weight excluding hydrogens is 396 g/mol. The summed E-state index contributed by atoms with van der Waals surface area (Å²) in [4.78, 5) is 43.8. The number of imide groups is 1. The molecule has 3 aromatic rings. The average molecular weight is 411 g/mol. The van der Waals surface area contributed by atoms with Gasteiger partial charge in [0.15, 0.2) is 0 Å². The van der Waals surface area contributed by atoms with Crippen molar-refractivity contribution in [1.29, 1.82) is 0 Å². The van der Waals surface area contributed by atoms with E-state index < -0.39 is 17.7 Å². The van der Waals surface area contributed by atoms with Crippen molar-refractivity contribution in [2.45, 2.75) is 6.54 Å². The molecule has 0 unspecified atom stereocenters. The second kappa shape index (κ2) is 7.48. The summed E-state index contributed by atoms with van der Waals surface area (Å²) < 4.78 is 5.20. The van der Waals surface area contributed by atoms with Gasteiger partial charge in [0, 0.05) is 17.6 Å². The van der Waals surface area contributed by atoms with Crippen LogP contribution in [0.2, 0.25) is 5.02 Å². The molecule has 1 aromatic heterocycles. The second-order valence-corrected chi connectivity index (χ2v) is 6.95. The third kappa shape index (κ3) is 3.62. The molecule has 0 saturated carbocycles. The molecule has 0 fully saturated rings. The Morgan fingerprint density at radius 2 is 1.69 bits per heavy atom. The fourth-order valence-corrected chi connectivity index (χ4v) is 3.09. The number of carbonyl (C=O) groups excluding carboxylic acids is 3. The first-order valence-electron chi connectivity index (χ1n) is 8.72. The number of halogens is 1. The van der Waals surface area contributed by atoms with Crippen LogP contribution in [-0.4, -0.2) is 51.3 Å². The van der Waals surface area contributed by atoms with E-state index in [4.69, 9.17) is 16.1 Å². The Bertz CT molecular complexity index is 1070. The number of benzene rings is 2. The van der Waals surface area contributed by atoms with Gasteiger partial charge in [-0.3, -0.25) is 19.3 Å². The number of aromatic nitrogens is 2. The van der Waals surface area contributed by atoms with E-state index in [0.717, 1.165) is 10.5 Å². The number of fused-ring (bicyclic) bond motifs is 1. The highest BCUT2D eigenvalue weighted by Gasteiger charge is 2.36. The zero-order valence-corrected chi connectivity index (χ0v) is 16.1. The highest BCUT2D eigenvalue weighted by molar-refractivity contribution is 6.30. The normalized spacial score (nSPS) is 13.0. The van der Waals surface area contributed by atoms with Crippen LogP contribution in [0.25, 0.3) is 11.4 Å². The lowest BCUT2D eigenvalue weighted by atomic mass is 10.1. The van der Waals surface area contributed by atoms with Crippen LogP contribution in [0.1, 0.15) is 26.6 Å². The Morgan fingerprint density at radius 3 is 2.31 bits per heavy atom. The molecule has 0 atom stereocenters. The Labute approximate surface area is 170 Å². The summed E-state index contributed by atoms with van der Waals surface area (Å²) in [7, 11) is 1.53. The first-order valence-corrected chi connectivity index (χ1v) is 9.09. The highest BCUT2D eigenvalue weighted by atomic mass is 35.5. The number of rotatable bonds is 5. The van der Waals surface area contributed by atoms with Crippen LogP contribution in [0.5, 0.6) is 0 Å². The second-order valence-electron chi connectivity index (χ2n) is 6.51. The van der Waals surface area contributed by atoms with Crippen LogP contribution in [0.15, 0.2) is 53.1 Å². The molecule has 1 aliphatic heterocycles. The summed E-state index contributed by atoms with van der Waals surface area (Å²) in [6, 6.07) is 13.4. The lowest BCUT2D eigenvalue weighted by molar-refractivity contribution is -0.131. The van der Waals surface area contributed by atoms with Gasteiger partial charge in [-0.05, 0) is 36.4 Å². The molecule has 0 spiro atoms. The summed E-state index contributed by atoms with van der Waals surface area (Å²) in [6.07, 6.45) is 0. The number of likely N-dealkylation sites (N-methyl/N-ethyl adjacent to an activating group) is 1. The van der Waals surface area contributed by atoms with Crippen molar-refractivity contribution < 1.29 is 18.9 Å². The number of hydrogen-bond donors (Lipinski definition) is 0. The van der Waals surface area contributed by atoms with Gasteiger partial charge in [-0.2, -0.15) is 4.98 Å². The van der Waals surface area contributed by atoms with Crippen molar-refractivity contribution in [3.8, 4) is 11.4 Å². The zero-order valence-electron chi connectivity index (χ0n) is 15.3. The number of nitrogens with zero attached hydrogens (tertiary/aromatic N) is 4. The predicted octanol–water partition coefficient (Wildman–Crippen LogP) is 2.64. The standard InChI is InChI=1S/C20H15ClN4O4/c1-24(10-16-22-18(23-29-16)12-6-8-13(21)9-7-12)17(26)11-25-19(27)14-4-2-3-5-15(14)20(25)28/h2-9H,10-11H2,1H3. The van der Waals surface area contributed by atoms with Crippen LogP contribution in [0, 0.1) is 0 Å². The molecular formula is C20H15ClN4O4. The maximum absolute atomic E-state index is 12.5. The van der Waals surface area contributed by atoms with E-state index in [1.54, 1.807) is 48.5 Å². The van der Waals surface area contributed by atoms with Crippen molar-refractivity contribution in [1.82, 2.24) is 19.9 Å². The molecule has 0 N–H and O–H groups in total. The van der Waals surface area contributed by atoms with E-state index in [9.17, 15) is 14.4 Å². The summed E-state index contributed by atoms with van der Waals surface area (Å²) in [6.45, 7) is -0.316. The van der Waals surface area contributed by atoms with E-state index in [1.165, 1.54) is 11.9 Å². The van der Waals surface area contributed by atoms with Crippen molar-refractivity contribution in [3.63, 3.8) is 0 Å². The highest BCUT2D eigenvalue weighted by Crippen LogP contribution is 2.22. The fourth-order valence-electron chi connectivity index (χ4n) is 2.97. The van der Waals surface area contributed by atoms with Crippen LogP contribution in [0.4, 0.5) is 0 Å². The molecule has 146 valence electrons.